The van der Waals surface area contributed by atoms with E-state index in [0.29, 0.717) is 29.8 Å². The predicted molar refractivity (Wildman–Crippen MR) is 139 cm³/mol. The molecule has 0 aliphatic carbocycles. The first-order valence-corrected chi connectivity index (χ1v) is 12.3. The summed E-state index contributed by atoms with van der Waals surface area (Å²) in [4.78, 5) is 34.5. The summed E-state index contributed by atoms with van der Waals surface area (Å²) in [5.74, 6) is -1.46. The number of rotatable bonds is 5. The van der Waals surface area contributed by atoms with Gasteiger partial charge >= 0.3 is 0 Å². The Balaban J connectivity index is 1.30. The molecule has 3 heterocycles. The number of nitrogens with zero attached hydrogens (tertiary/aromatic N) is 3. The number of hydrogen-bond acceptors (Lipinski definition) is 4. The summed E-state index contributed by atoms with van der Waals surface area (Å²) in [6.07, 6.45) is 1.68. The number of amides is 2. The van der Waals surface area contributed by atoms with Crippen molar-refractivity contribution in [2.75, 3.05) is 0 Å². The minimum Gasteiger partial charge on any atom is -0.334 e. The van der Waals surface area contributed by atoms with Crippen molar-refractivity contribution < 1.29 is 14.0 Å². The molecule has 0 atom stereocenters. The van der Waals surface area contributed by atoms with Crippen molar-refractivity contribution in [3.63, 3.8) is 0 Å². The SMILES string of the molecule is N=C1NC(c2ccccc2)(c2ccccc2)C(=O)N1Cc1ccc(F)c(C(=O)N2Cc3cccnc3C2)c1. The number of benzene rings is 3. The van der Waals surface area contributed by atoms with E-state index in [-0.39, 0.29) is 24.0 Å². The normalized spacial score (nSPS) is 15.9. The first-order chi connectivity index (χ1) is 18.5. The van der Waals surface area contributed by atoms with Gasteiger partial charge in [-0.25, -0.2) is 4.39 Å². The Morgan fingerprint density at radius 2 is 1.63 bits per heavy atom. The minimum absolute atomic E-state index is 0.00836. The summed E-state index contributed by atoms with van der Waals surface area (Å²) in [7, 11) is 0. The highest BCUT2D eigenvalue weighted by atomic mass is 19.1. The van der Waals surface area contributed by atoms with Crippen LogP contribution in [0.3, 0.4) is 0 Å². The maximum atomic E-state index is 14.8. The fraction of sp³-hybridized carbons (Fsp3) is 0.133. The van der Waals surface area contributed by atoms with E-state index in [4.69, 9.17) is 5.41 Å². The van der Waals surface area contributed by atoms with Gasteiger partial charge in [-0.1, -0.05) is 72.8 Å². The van der Waals surface area contributed by atoms with Gasteiger partial charge in [-0.2, -0.15) is 0 Å². The molecule has 0 radical (unpaired) electrons. The van der Waals surface area contributed by atoms with Gasteiger partial charge in [0.05, 0.1) is 24.3 Å². The predicted octanol–water partition coefficient (Wildman–Crippen LogP) is 4.19. The zero-order valence-corrected chi connectivity index (χ0v) is 20.4. The van der Waals surface area contributed by atoms with Crippen LogP contribution in [0.5, 0.6) is 0 Å². The van der Waals surface area contributed by atoms with Crippen LogP contribution in [0.15, 0.2) is 97.2 Å². The zero-order chi connectivity index (χ0) is 26.3. The molecule has 4 aromatic rings. The van der Waals surface area contributed by atoms with Gasteiger partial charge < -0.3 is 10.2 Å². The molecule has 2 N–H and O–H groups in total. The van der Waals surface area contributed by atoms with Gasteiger partial charge in [-0.3, -0.25) is 24.9 Å². The van der Waals surface area contributed by atoms with Gasteiger partial charge in [0.1, 0.15) is 5.82 Å². The monoisotopic (exact) mass is 505 g/mol. The van der Waals surface area contributed by atoms with E-state index >= 15 is 0 Å². The average Bonchev–Trinajstić information content (AvgIpc) is 3.50. The molecule has 0 spiro atoms. The molecule has 2 amide bonds. The van der Waals surface area contributed by atoms with Crippen molar-refractivity contribution in [3.8, 4) is 0 Å². The Hall–Kier alpha value is -4.85. The molecule has 1 aromatic heterocycles. The fourth-order valence-electron chi connectivity index (χ4n) is 5.22. The Bertz CT molecular complexity index is 1490. The highest BCUT2D eigenvalue weighted by Crippen LogP contribution is 2.36. The number of nitrogens with one attached hydrogen (secondary N) is 2. The Kier molecular flexibility index (Phi) is 5.72. The molecular weight excluding hydrogens is 481 g/mol. The zero-order valence-electron chi connectivity index (χ0n) is 20.4. The third kappa shape index (κ3) is 3.82. The lowest BCUT2D eigenvalue weighted by Gasteiger charge is -2.28. The first kappa shape index (κ1) is 23.5. The van der Waals surface area contributed by atoms with Crippen molar-refractivity contribution in [2.24, 2.45) is 0 Å². The van der Waals surface area contributed by atoms with Crippen molar-refractivity contribution >= 4 is 17.8 Å². The average molecular weight is 506 g/mol. The fourth-order valence-corrected chi connectivity index (χ4v) is 5.22. The molecule has 188 valence electrons. The number of hydrogen-bond donors (Lipinski definition) is 2. The quantitative estimate of drug-likeness (QED) is 0.426. The molecule has 1 fully saturated rings. The standard InChI is InChI=1S/C30H24FN5O2/c31-25-14-13-20(16-24(25)27(37)35-18-21-8-7-15-33-26(21)19-35)17-36-28(38)30(34-29(36)32,22-9-3-1-4-10-22)23-11-5-2-6-12-23/h1-16H,17-19H2,(H2,32,34). The van der Waals surface area contributed by atoms with Crippen molar-refractivity contribution in [1.29, 1.82) is 5.41 Å². The molecule has 8 heteroatoms. The van der Waals surface area contributed by atoms with Crippen LogP contribution in [-0.2, 0) is 30.0 Å². The smallest absolute Gasteiger partial charge is 0.264 e. The molecule has 2 aliphatic heterocycles. The van der Waals surface area contributed by atoms with Crippen molar-refractivity contribution in [3.05, 3.63) is 137 Å². The van der Waals surface area contributed by atoms with E-state index in [1.165, 1.54) is 23.1 Å². The second-order valence-electron chi connectivity index (χ2n) is 9.43. The van der Waals surface area contributed by atoms with E-state index < -0.39 is 17.3 Å². The van der Waals surface area contributed by atoms with Crippen molar-refractivity contribution in [2.45, 2.75) is 25.2 Å². The Labute approximate surface area is 219 Å². The molecule has 0 unspecified atom stereocenters. The lowest BCUT2D eigenvalue weighted by atomic mass is 9.82. The Morgan fingerprint density at radius 3 is 2.29 bits per heavy atom. The summed E-state index contributed by atoms with van der Waals surface area (Å²) in [6, 6.07) is 26.5. The lowest BCUT2D eigenvalue weighted by molar-refractivity contribution is -0.130. The van der Waals surface area contributed by atoms with Gasteiger partial charge in [0, 0.05) is 12.7 Å². The van der Waals surface area contributed by atoms with E-state index in [1.54, 1.807) is 11.1 Å². The number of carbonyl (C=O) groups is 2. The second kappa shape index (κ2) is 9.23. The van der Waals surface area contributed by atoms with E-state index in [9.17, 15) is 14.0 Å². The molecule has 7 nitrogen and oxygen atoms in total. The van der Waals surface area contributed by atoms with Crippen LogP contribution in [0.2, 0.25) is 0 Å². The summed E-state index contributed by atoms with van der Waals surface area (Å²) in [5, 5.41) is 11.8. The van der Waals surface area contributed by atoms with Gasteiger partial charge in [0.25, 0.3) is 11.8 Å². The third-order valence-corrected chi connectivity index (χ3v) is 7.13. The summed E-state index contributed by atoms with van der Waals surface area (Å²) >= 11 is 0. The number of pyridine rings is 1. The molecule has 3 aromatic carbocycles. The summed E-state index contributed by atoms with van der Waals surface area (Å²) in [6.45, 7) is 0.685. The highest BCUT2D eigenvalue weighted by Gasteiger charge is 2.52. The first-order valence-electron chi connectivity index (χ1n) is 12.3. The van der Waals surface area contributed by atoms with Crippen LogP contribution in [0, 0.1) is 11.2 Å². The van der Waals surface area contributed by atoms with Gasteiger partial charge in [-0.15, -0.1) is 0 Å². The lowest BCUT2D eigenvalue weighted by Crippen LogP contribution is -2.45. The highest BCUT2D eigenvalue weighted by molar-refractivity contribution is 6.10. The van der Waals surface area contributed by atoms with E-state index in [1.807, 2.05) is 72.8 Å². The van der Waals surface area contributed by atoms with Crippen LogP contribution >= 0.6 is 0 Å². The molecular formula is C30H24FN5O2. The molecule has 0 bridgehead atoms. The molecule has 2 aliphatic rings. The van der Waals surface area contributed by atoms with E-state index in [0.717, 1.165) is 11.3 Å². The second-order valence-corrected chi connectivity index (χ2v) is 9.43. The summed E-state index contributed by atoms with van der Waals surface area (Å²) < 4.78 is 14.8. The van der Waals surface area contributed by atoms with Gasteiger partial charge in [-0.05, 0) is 40.5 Å². The largest absolute Gasteiger partial charge is 0.334 e. The maximum Gasteiger partial charge on any atom is 0.264 e. The molecule has 0 saturated carbocycles. The molecule has 6 rings (SSSR count). The van der Waals surface area contributed by atoms with Crippen LogP contribution in [-0.4, -0.2) is 32.6 Å². The maximum absolute atomic E-state index is 14.8. The number of halogens is 1. The topological polar surface area (TPSA) is 89.4 Å². The number of aromatic nitrogens is 1. The van der Waals surface area contributed by atoms with Crippen LogP contribution in [0.4, 0.5) is 4.39 Å². The molecule has 38 heavy (non-hydrogen) atoms. The van der Waals surface area contributed by atoms with Crippen molar-refractivity contribution in [1.82, 2.24) is 20.1 Å². The van der Waals surface area contributed by atoms with Crippen LogP contribution < -0.4 is 5.32 Å². The van der Waals surface area contributed by atoms with Crippen LogP contribution in [0.1, 0.15) is 38.3 Å². The van der Waals surface area contributed by atoms with Gasteiger partial charge in [0.15, 0.2) is 11.5 Å². The number of guanidine groups is 1. The third-order valence-electron chi connectivity index (χ3n) is 7.13. The van der Waals surface area contributed by atoms with Crippen LogP contribution in [0.25, 0.3) is 0 Å². The summed E-state index contributed by atoms with van der Waals surface area (Å²) in [5.41, 5.74) is 2.36. The van der Waals surface area contributed by atoms with E-state index in [2.05, 4.69) is 10.3 Å². The Morgan fingerprint density at radius 1 is 0.947 bits per heavy atom. The minimum atomic E-state index is -1.27. The number of fused-ring (bicyclic) bond motifs is 1. The molecule has 1 saturated heterocycles. The number of carbonyl (C=O) groups excluding carboxylic acids is 2. The van der Waals surface area contributed by atoms with Gasteiger partial charge in [0.2, 0.25) is 0 Å².